The number of pyridine rings is 4. The molecule has 135 heavy (non-hydrogen) atoms. The average molecular weight is 1980 g/mol. The number of aliphatic hydroxyl groups is 6. The molecule has 7 aliphatic rings. The van der Waals surface area contributed by atoms with Crippen molar-refractivity contribution in [2.45, 2.75) is 237 Å². The van der Waals surface area contributed by atoms with E-state index in [0.29, 0.717) is 129 Å². The first-order valence-corrected chi connectivity index (χ1v) is 51.1. The third-order valence-corrected chi connectivity index (χ3v) is 30.0. The Balaban J connectivity index is 0.000000131. The number of hydrogen-bond acceptors (Lipinski definition) is 41. The van der Waals surface area contributed by atoms with E-state index in [-0.39, 0.29) is 120 Å². The predicted octanol–water partition coefficient (Wildman–Crippen LogP) is 8.73. The van der Waals surface area contributed by atoms with Crippen molar-refractivity contribution in [3.8, 4) is 42.3 Å². The summed E-state index contributed by atoms with van der Waals surface area (Å²) in [5.74, 6) is 0.189. The lowest BCUT2D eigenvalue weighted by Crippen LogP contribution is -2.36. The summed E-state index contributed by atoms with van der Waals surface area (Å²) in [6.07, 6.45) is 14.1. The number of aryl methyl sites for hydroxylation is 4. The second-order valence-electron chi connectivity index (χ2n) is 38.9. The predicted molar refractivity (Wildman–Crippen MR) is 507 cm³/mol. The zero-order valence-corrected chi connectivity index (χ0v) is 82.9. The van der Waals surface area contributed by atoms with Gasteiger partial charge in [0.05, 0.1) is 129 Å². The molecule has 724 valence electrons. The summed E-state index contributed by atoms with van der Waals surface area (Å²) in [4.78, 5) is 59.6. The molecule has 4 saturated carbocycles. The number of aromatic nitrogens is 16. The number of fused-ring (bicyclic) bond motifs is 7. The zero-order valence-electron chi connectivity index (χ0n) is 78.0. The quantitative estimate of drug-likeness (QED) is 0.0171. The Hall–Kier alpha value is -9.70. The van der Waals surface area contributed by atoms with Crippen LogP contribution in [0.25, 0.3) is 83.2 Å². The SMILES string of the molecule is Cc1nc(NCC(C)(C)C)nc(N[C@@H]2C[C@H](CO)[C@@H](O)[C@H]2O)c1-c1nc2c[n+](O)ccc2s1.Cc1nc(NCC(C)(C)C)nc(N[C@@H]2C[C@H](CO)[C@H]3OC(C)(C)O[C@H]32)c1-c1nc2c[n+](O)ccc2s1.Cc1nc(S(C)(=O)=O)nc(N[C@@H]2C[C@H](CO)[C@H]3OC(C)(C)O[C@H]32)c1-c1nc2c[n+](O)ccc2s1.Cc1nc(S(C)=O)nc(N[C@@H]2C[C@H](CO)[C@H]3OC(C)(C)O[C@H]32)c1-c1nc2cnccc2s1. The monoisotopic (exact) mass is 1970 g/mol. The number of nitrogens with zero attached hydrogens (tertiary/aromatic N) is 16. The van der Waals surface area contributed by atoms with Crippen molar-refractivity contribution in [2.24, 2.45) is 34.5 Å². The Kier molecular flexibility index (Phi) is 28.1. The molecule has 12 aromatic rings. The van der Waals surface area contributed by atoms with E-state index in [0.717, 1.165) is 71.6 Å². The van der Waals surface area contributed by atoms with Crippen LogP contribution < -0.4 is 46.1 Å². The third kappa shape index (κ3) is 21.8. The molecule has 0 spiro atoms. The Bertz CT molecular complexity index is 6500. The molecule has 12 aromatic heterocycles. The zero-order chi connectivity index (χ0) is 96.8. The maximum absolute atomic E-state index is 12.3. The summed E-state index contributed by atoms with van der Waals surface area (Å²) in [6.45, 7) is 32.6. The Morgan fingerprint density at radius 1 is 0.437 bits per heavy atom. The molecule has 15 N–H and O–H groups in total. The first-order valence-electron chi connectivity index (χ1n) is 44.4. The number of nitrogens with one attached hydrogen (secondary N) is 6. The van der Waals surface area contributed by atoms with E-state index in [1.54, 1.807) is 50.1 Å². The van der Waals surface area contributed by atoms with Gasteiger partial charge in [-0.2, -0.15) is 9.97 Å². The summed E-state index contributed by atoms with van der Waals surface area (Å²) in [6, 6.07) is 6.26. The van der Waals surface area contributed by atoms with Gasteiger partial charge in [0, 0.05) is 114 Å². The summed E-state index contributed by atoms with van der Waals surface area (Å²) in [7, 11) is -5.02. The fraction of sp³-hybridized carbons (Fsp3) is 0.551. The van der Waals surface area contributed by atoms with E-state index in [9.17, 15) is 58.9 Å². The van der Waals surface area contributed by atoms with Gasteiger partial charge in [-0.25, -0.2) is 58.3 Å². The summed E-state index contributed by atoms with van der Waals surface area (Å²) >= 11 is 5.88. The normalized spacial score (nSPS) is 25.5. The fourth-order valence-electron chi connectivity index (χ4n) is 18.0. The van der Waals surface area contributed by atoms with Gasteiger partial charge in [-0.3, -0.25) is 24.8 Å². The van der Waals surface area contributed by atoms with E-state index >= 15 is 0 Å². The molecule has 0 aromatic carbocycles. The van der Waals surface area contributed by atoms with Crippen LogP contribution in [-0.4, -0.2) is 266 Å². The van der Waals surface area contributed by atoms with Crippen LogP contribution in [0.4, 0.5) is 35.2 Å². The van der Waals surface area contributed by atoms with E-state index in [4.69, 9.17) is 53.3 Å². The highest BCUT2D eigenvalue weighted by Crippen LogP contribution is 2.50. The van der Waals surface area contributed by atoms with Gasteiger partial charge in [-0.05, 0) is 112 Å². The minimum Gasteiger partial charge on any atom is -0.396 e. The van der Waals surface area contributed by atoms with Gasteiger partial charge in [-0.15, -0.1) is 45.3 Å². The van der Waals surface area contributed by atoms with E-state index in [1.807, 2.05) is 74.4 Å². The van der Waals surface area contributed by atoms with E-state index in [1.165, 1.54) is 70.1 Å². The van der Waals surface area contributed by atoms with Crippen molar-refractivity contribution >= 4 is 142 Å². The third-order valence-electron chi connectivity index (χ3n) is 24.2. The Morgan fingerprint density at radius 3 is 1.11 bits per heavy atom. The molecule has 4 aliphatic carbocycles. The van der Waals surface area contributed by atoms with Crippen molar-refractivity contribution in [3.63, 3.8) is 0 Å². The van der Waals surface area contributed by atoms with Gasteiger partial charge in [0.15, 0.2) is 33.9 Å². The minimum absolute atomic E-state index is 0.0174. The van der Waals surface area contributed by atoms with Crippen molar-refractivity contribution in [1.29, 1.82) is 0 Å². The number of rotatable bonds is 22. The molecule has 46 heteroatoms. The average Bonchev–Trinajstić information content (AvgIpc) is 1.61. The smallest absolute Gasteiger partial charge is 0.249 e. The molecular weight excluding hydrogens is 1860 g/mol. The molecule has 40 nitrogen and oxygen atoms in total. The van der Waals surface area contributed by atoms with Crippen molar-refractivity contribution < 1.29 is 102 Å². The highest BCUT2D eigenvalue weighted by molar-refractivity contribution is 7.90. The molecule has 15 heterocycles. The van der Waals surface area contributed by atoms with Gasteiger partial charge >= 0.3 is 0 Å². The van der Waals surface area contributed by atoms with Crippen LogP contribution in [0.15, 0.2) is 84.2 Å². The first-order chi connectivity index (χ1) is 63.7. The van der Waals surface area contributed by atoms with Crippen molar-refractivity contribution in [1.82, 2.24) is 64.8 Å². The van der Waals surface area contributed by atoms with Crippen LogP contribution in [-0.2, 0) is 49.1 Å². The van der Waals surface area contributed by atoms with Crippen molar-refractivity contribution in [3.05, 3.63) is 96.6 Å². The van der Waals surface area contributed by atoms with Crippen LogP contribution in [0.5, 0.6) is 0 Å². The molecule has 3 saturated heterocycles. The number of thiazole rings is 4. The van der Waals surface area contributed by atoms with Gasteiger partial charge in [0.2, 0.25) is 69.2 Å². The molecule has 0 amide bonds. The maximum atomic E-state index is 12.3. The van der Waals surface area contributed by atoms with Gasteiger partial charge in [0.1, 0.15) is 73.2 Å². The fourth-order valence-corrected chi connectivity index (χ4v) is 23.2. The number of sulfone groups is 1. The minimum atomic E-state index is -3.67. The summed E-state index contributed by atoms with van der Waals surface area (Å²) < 4.78 is 80.1. The summed E-state index contributed by atoms with van der Waals surface area (Å²) in [5.41, 5.74) is 8.26. The molecule has 3 aliphatic heterocycles. The number of ether oxygens (including phenoxy) is 6. The standard InChI is InChI=1S/C25H35N6O4S.C22H31N6O4S.C21H26N5O6S2.C21H25N5O4S2/c1-13-18(22-29-16-10-31(33)8-7-17(16)36-22)21(30-23(27-13)26-12-24(2,3)4)28-15-9-14(11-32)19-20(15)35-25(5,6)34-19;1-11-16(20-26-14-8-28(32)6-5-15(14)33-20)19(27-21(24-11)23-10-22(2,3)4)25-13-7-12(9-29)17(30)18(13)31;1-10-15(19-24-13-8-26(28)6-5-14(13)33-19)18(25-20(22-10)34(4,29)30)23-12-7-11(9-27)16-17(12)32-21(2,3)31-16;1-10-15(19-25-13-8-22-6-5-14(13)31-19)18(26-20(23-10)32(4)28)24-12-7-11(9-27)16-17(12)30-21(2,3)29-16/h7-8,10,14-15,19-20,32-33H,9,11-12H2,1-6H3,(H2,26,27,28,30);5-6,8,12-13,17-18,29-32H,7,9-10H2,1-4H3,(H2,23,24,25,27);5-6,8,11-12,16-17,27-28H,7,9H2,1-4H3,(H,22,23,25);5-6,8,11-12,16-17,27H,7,9H2,1-4H3,(H,23,24,26)/q3*+1;/t14-,15-,19-,20+;12-,13-,17-,18+;11-,12-,16-,17+;11-,12-,16-,17+,32?/m1111/s1. The lowest BCUT2D eigenvalue weighted by molar-refractivity contribution is -0.904. The van der Waals surface area contributed by atoms with Crippen LogP contribution in [0, 0.1) is 62.2 Å². The highest BCUT2D eigenvalue weighted by Gasteiger charge is 2.57. The molecule has 1 unspecified atom stereocenters. The van der Waals surface area contributed by atoms with Crippen LogP contribution in [0.1, 0.15) is 132 Å². The molecule has 0 radical (unpaired) electrons. The van der Waals surface area contributed by atoms with Crippen LogP contribution >= 0.6 is 45.3 Å². The first kappa shape index (κ1) is 98.4. The van der Waals surface area contributed by atoms with Gasteiger partial charge in [0.25, 0.3) is 0 Å². The van der Waals surface area contributed by atoms with Crippen molar-refractivity contribution in [2.75, 3.05) is 83.9 Å². The Labute approximate surface area is 797 Å². The summed E-state index contributed by atoms with van der Waals surface area (Å²) in [5, 5.41) is 113. The molecule has 7 fully saturated rings. The van der Waals surface area contributed by atoms with Crippen LogP contribution in [0.2, 0.25) is 0 Å². The lowest BCUT2D eigenvalue weighted by Gasteiger charge is -2.25. The number of anilines is 6. The Morgan fingerprint density at radius 2 is 0.763 bits per heavy atom. The second kappa shape index (κ2) is 38.6. The molecule has 0 bridgehead atoms. The van der Waals surface area contributed by atoms with E-state index in [2.05, 4.69) is 113 Å². The number of hydrogen-bond donors (Lipinski definition) is 15. The molecule has 19 rings (SSSR count). The lowest BCUT2D eigenvalue weighted by atomic mass is 9.97. The topological polar surface area (TPSA) is 540 Å². The number of aliphatic hydroxyl groups excluding tert-OH is 6. The van der Waals surface area contributed by atoms with Gasteiger partial charge < -0.3 is 91.0 Å². The highest BCUT2D eigenvalue weighted by atomic mass is 32.2. The molecular formula is C89H117N22O18S6+3. The molecule has 17 atom stereocenters. The van der Waals surface area contributed by atoms with Crippen LogP contribution in [0.3, 0.4) is 0 Å². The van der Waals surface area contributed by atoms with E-state index < -0.39 is 62.2 Å². The van der Waals surface area contributed by atoms with Gasteiger partial charge in [-0.1, -0.05) is 41.5 Å². The second-order valence-corrected chi connectivity index (χ2v) is 46.2. The maximum Gasteiger partial charge on any atom is 0.249 e. The largest absolute Gasteiger partial charge is 0.396 e.